The van der Waals surface area contributed by atoms with E-state index in [9.17, 15) is 19.8 Å². The van der Waals surface area contributed by atoms with Crippen LogP contribution in [0.3, 0.4) is 0 Å². The predicted octanol–water partition coefficient (Wildman–Crippen LogP) is 16.1. The Morgan fingerprint density at radius 1 is 0.475 bits per heavy atom. The second-order valence-corrected chi connectivity index (χ2v) is 18.3. The highest BCUT2D eigenvalue weighted by Gasteiger charge is 2.24. The molecule has 0 aromatic carbocycles. The zero-order chi connectivity index (χ0) is 44.5. The van der Waals surface area contributed by atoms with Crippen LogP contribution in [0.2, 0.25) is 0 Å². The quantitative estimate of drug-likeness (QED) is 0.0322. The maximum atomic E-state index is 13.2. The van der Waals surface area contributed by atoms with Crippen molar-refractivity contribution in [2.24, 2.45) is 0 Å². The maximum absolute atomic E-state index is 13.2. The standard InChI is InChI=1S/C55H103NO5/c1-4-7-10-13-16-19-22-24-26-28-30-33-35-38-41-44-47-53(58)52(50-57)56-54(59)49-51(61-55(60)48-45-42-39-36-31-21-18-15-12-9-6-3)46-43-40-37-34-32-29-27-25-23-20-17-14-11-8-5-2/h17,20,25,27,32,34,51-53,57-58H,4-16,18-19,21-24,26,28-31,33,35-50H2,1-3H3,(H,56,59)/b20-17-,27-25-,34-32-. The van der Waals surface area contributed by atoms with Gasteiger partial charge in [-0.25, -0.2) is 0 Å². The molecule has 3 atom stereocenters. The first-order valence-electron chi connectivity index (χ1n) is 26.7. The first kappa shape index (κ1) is 59.1. The molecule has 1 amide bonds. The minimum atomic E-state index is -0.795. The highest BCUT2D eigenvalue weighted by Crippen LogP contribution is 2.18. The molecule has 3 unspecified atom stereocenters. The highest BCUT2D eigenvalue weighted by atomic mass is 16.5. The molecule has 0 rings (SSSR count). The van der Waals surface area contributed by atoms with Gasteiger partial charge in [0.15, 0.2) is 0 Å². The van der Waals surface area contributed by atoms with Crippen LogP contribution in [0, 0.1) is 0 Å². The third-order valence-electron chi connectivity index (χ3n) is 12.2. The molecule has 0 radical (unpaired) electrons. The van der Waals surface area contributed by atoms with Crippen LogP contribution in [-0.2, 0) is 14.3 Å². The molecule has 0 aliphatic rings. The lowest BCUT2D eigenvalue weighted by Gasteiger charge is -2.24. The molecule has 3 N–H and O–H groups in total. The van der Waals surface area contributed by atoms with Crippen molar-refractivity contribution >= 4 is 11.9 Å². The van der Waals surface area contributed by atoms with E-state index < -0.39 is 18.2 Å². The van der Waals surface area contributed by atoms with E-state index in [4.69, 9.17) is 4.74 Å². The molecule has 0 heterocycles. The summed E-state index contributed by atoms with van der Waals surface area (Å²) in [4.78, 5) is 26.1. The van der Waals surface area contributed by atoms with E-state index >= 15 is 0 Å². The van der Waals surface area contributed by atoms with Crippen molar-refractivity contribution in [3.8, 4) is 0 Å². The molecule has 0 bridgehead atoms. The molecule has 61 heavy (non-hydrogen) atoms. The number of allylic oxidation sites excluding steroid dienone is 6. The van der Waals surface area contributed by atoms with E-state index in [0.717, 1.165) is 70.6 Å². The van der Waals surface area contributed by atoms with Gasteiger partial charge in [-0.1, -0.05) is 237 Å². The Bertz CT molecular complexity index is 1010. The monoisotopic (exact) mass is 858 g/mol. The normalized spacial score (nSPS) is 13.5. The van der Waals surface area contributed by atoms with Gasteiger partial charge in [0, 0.05) is 6.42 Å². The zero-order valence-corrected chi connectivity index (χ0v) is 40.8. The number of hydrogen-bond donors (Lipinski definition) is 3. The van der Waals surface area contributed by atoms with Crippen LogP contribution in [0.4, 0.5) is 0 Å². The van der Waals surface area contributed by atoms with Gasteiger partial charge in [-0.05, 0) is 64.2 Å². The average molecular weight is 858 g/mol. The number of nitrogens with one attached hydrogen (secondary N) is 1. The number of carbonyl (C=O) groups excluding carboxylic acids is 2. The molecule has 0 spiro atoms. The fourth-order valence-electron chi connectivity index (χ4n) is 8.14. The van der Waals surface area contributed by atoms with E-state index in [1.165, 1.54) is 161 Å². The number of aliphatic hydroxyl groups is 2. The van der Waals surface area contributed by atoms with Crippen LogP contribution < -0.4 is 5.32 Å². The summed E-state index contributed by atoms with van der Waals surface area (Å²) in [5.74, 6) is -0.501. The SMILES string of the molecule is CCCCC/C=C\C/C=C\C/C=C\CCCCC(CC(=O)NC(CO)C(O)CCCCCCCCCCCCCCCCCC)OC(=O)CCCCCCCCCCCCC. The third kappa shape index (κ3) is 44.5. The van der Waals surface area contributed by atoms with E-state index in [0.29, 0.717) is 19.3 Å². The van der Waals surface area contributed by atoms with Gasteiger partial charge in [0.25, 0.3) is 0 Å². The Kier molecular flexibility index (Phi) is 47.6. The van der Waals surface area contributed by atoms with Gasteiger partial charge in [-0.3, -0.25) is 9.59 Å². The number of rotatable bonds is 48. The number of aliphatic hydroxyl groups excluding tert-OH is 2. The largest absolute Gasteiger partial charge is 0.462 e. The number of esters is 1. The summed E-state index contributed by atoms with van der Waals surface area (Å²) in [6.45, 7) is 6.46. The molecule has 358 valence electrons. The number of amides is 1. The summed E-state index contributed by atoms with van der Waals surface area (Å²) in [6.07, 6.45) is 57.8. The van der Waals surface area contributed by atoms with E-state index in [2.05, 4.69) is 62.5 Å². The number of hydrogen-bond acceptors (Lipinski definition) is 5. The summed E-state index contributed by atoms with van der Waals surface area (Å²) >= 11 is 0. The van der Waals surface area contributed by atoms with Crippen molar-refractivity contribution in [1.29, 1.82) is 0 Å². The van der Waals surface area contributed by atoms with Crippen LogP contribution in [0.25, 0.3) is 0 Å². The summed E-state index contributed by atoms with van der Waals surface area (Å²) in [7, 11) is 0. The Balaban J connectivity index is 4.57. The highest BCUT2D eigenvalue weighted by molar-refractivity contribution is 5.77. The molecule has 6 nitrogen and oxygen atoms in total. The first-order chi connectivity index (χ1) is 30.0. The smallest absolute Gasteiger partial charge is 0.306 e. The van der Waals surface area contributed by atoms with E-state index in [1.54, 1.807) is 0 Å². The van der Waals surface area contributed by atoms with Crippen molar-refractivity contribution in [3.63, 3.8) is 0 Å². The van der Waals surface area contributed by atoms with Gasteiger partial charge in [0.1, 0.15) is 6.10 Å². The van der Waals surface area contributed by atoms with E-state index in [-0.39, 0.29) is 24.9 Å². The fraction of sp³-hybridized carbons (Fsp3) is 0.855. The molecule has 0 aliphatic heterocycles. The van der Waals surface area contributed by atoms with Crippen LogP contribution in [-0.4, -0.2) is 46.9 Å². The van der Waals surface area contributed by atoms with Crippen molar-refractivity contribution in [2.45, 2.75) is 296 Å². The lowest BCUT2D eigenvalue weighted by Crippen LogP contribution is -2.46. The van der Waals surface area contributed by atoms with Gasteiger partial charge in [-0.2, -0.15) is 0 Å². The summed E-state index contributed by atoms with van der Waals surface area (Å²) in [6, 6.07) is -0.711. The lowest BCUT2D eigenvalue weighted by molar-refractivity contribution is -0.151. The molecular weight excluding hydrogens is 755 g/mol. The molecule has 6 heteroatoms. The van der Waals surface area contributed by atoms with Crippen LogP contribution in [0.15, 0.2) is 36.5 Å². The summed E-state index contributed by atoms with van der Waals surface area (Å²) in [5.41, 5.74) is 0. The zero-order valence-electron chi connectivity index (χ0n) is 40.8. The maximum Gasteiger partial charge on any atom is 0.306 e. The Morgan fingerprint density at radius 2 is 0.836 bits per heavy atom. The van der Waals surface area contributed by atoms with Gasteiger partial charge < -0.3 is 20.3 Å². The average Bonchev–Trinajstić information content (AvgIpc) is 3.25. The van der Waals surface area contributed by atoms with Gasteiger partial charge in [0.2, 0.25) is 5.91 Å². The molecular formula is C55H103NO5. The Morgan fingerprint density at radius 3 is 1.28 bits per heavy atom. The van der Waals surface area contributed by atoms with Crippen molar-refractivity contribution < 1.29 is 24.5 Å². The Labute approximate surface area is 379 Å². The number of unbranched alkanes of at least 4 members (excludes halogenated alkanes) is 30. The predicted molar refractivity (Wildman–Crippen MR) is 264 cm³/mol. The first-order valence-corrected chi connectivity index (χ1v) is 26.7. The molecule has 0 aromatic rings. The summed E-state index contributed by atoms with van der Waals surface area (Å²) < 4.78 is 5.91. The van der Waals surface area contributed by atoms with Crippen molar-refractivity contribution in [3.05, 3.63) is 36.5 Å². The van der Waals surface area contributed by atoms with Gasteiger partial charge in [0.05, 0.1) is 25.2 Å². The summed E-state index contributed by atoms with van der Waals surface area (Å²) in [5, 5.41) is 23.8. The minimum absolute atomic E-state index is 0.0555. The van der Waals surface area contributed by atoms with Crippen molar-refractivity contribution in [1.82, 2.24) is 5.32 Å². The van der Waals surface area contributed by atoms with E-state index in [1.807, 2.05) is 0 Å². The van der Waals surface area contributed by atoms with Crippen LogP contribution in [0.5, 0.6) is 0 Å². The number of carbonyl (C=O) groups is 2. The minimum Gasteiger partial charge on any atom is -0.462 e. The second kappa shape index (κ2) is 49.1. The van der Waals surface area contributed by atoms with Gasteiger partial charge >= 0.3 is 5.97 Å². The van der Waals surface area contributed by atoms with Crippen LogP contribution >= 0.6 is 0 Å². The van der Waals surface area contributed by atoms with Gasteiger partial charge in [-0.15, -0.1) is 0 Å². The fourth-order valence-corrected chi connectivity index (χ4v) is 8.14. The lowest BCUT2D eigenvalue weighted by atomic mass is 10.0. The third-order valence-corrected chi connectivity index (χ3v) is 12.2. The molecule has 0 aromatic heterocycles. The topological polar surface area (TPSA) is 95.9 Å². The molecule has 0 saturated heterocycles. The molecule has 0 saturated carbocycles. The van der Waals surface area contributed by atoms with Crippen LogP contribution in [0.1, 0.15) is 278 Å². The Hall–Kier alpha value is -1.92. The van der Waals surface area contributed by atoms with Crippen molar-refractivity contribution in [2.75, 3.05) is 6.61 Å². The molecule has 0 aliphatic carbocycles. The second-order valence-electron chi connectivity index (χ2n) is 18.3. The molecule has 0 fully saturated rings. The number of ether oxygens (including phenoxy) is 1.